The average molecular weight is 426 g/mol. The number of anilines is 1. The van der Waals surface area contributed by atoms with Gasteiger partial charge in [-0.2, -0.15) is 0 Å². The van der Waals surface area contributed by atoms with Gasteiger partial charge in [0.25, 0.3) is 0 Å². The molecule has 1 N–H and O–H groups in total. The van der Waals surface area contributed by atoms with Gasteiger partial charge in [0, 0.05) is 5.56 Å². The molecule has 2 aromatic carbocycles. The fourth-order valence-corrected chi connectivity index (χ4v) is 5.17. The number of amides is 1. The summed E-state index contributed by atoms with van der Waals surface area (Å²) in [5.41, 5.74) is 6.49. The maximum atomic E-state index is 12.8. The quantitative estimate of drug-likeness (QED) is 0.532. The summed E-state index contributed by atoms with van der Waals surface area (Å²) in [6, 6.07) is 18.4. The van der Waals surface area contributed by atoms with E-state index in [0.29, 0.717) is 12.2 Å². The lowest BCUT2D eigenvalue weighted by Crippen LogP contribution is -2.20. The summed E-state index contributed by atoms with van der Waals surface area (Å²) in [6.07, 6.45) is 10.9. The summed E-state index contributed by atoms with van der Waals surface area (Å²) in [7, 11) is 0. The molecule has 1 saturated carbocycles. The summed E-state index contributed by atoms with van der Waals surface area (Å²) in [4.78, 5) is 22.9. The third-order valence-corrected chi connectivity index (χ3v) is 6.92. The number of aryl methyl sites for hydroxylation is 3. The number of hydrogen-bond donors (Lipinski definition) is 1. The van der Waals surface area contributed by atoms with Crippen LogP contribution in [0.15, 0.2) is 54.6 Å². The van der Waals surface area contributed by atoms with Gasteiger partial charge in [-0.25, -0.2) is 9.97 Å². The van der Waals surface area contributed by atoms with E-state index in [1.807, 2.05) is 30.3 Å². The molecule has 0 atom stereocenters. The summed E-state index contributed by atoms with van der Waals surface area (Å²) < 4.78 is 0. The number of nitrogens with zero attached hydrogens (tertiary/aromatic N) is 2. The average Bonchev–Trinajstić information content (AvgIpc) is 2.84. The largest absolute Gasteiger partial charge is 0.309 e. The molecule has 1 fully saturated rings. The second-order valence-corrected chi connectivity index (χ2v) is 9.22. The van der Waals surface area contributed by atoms with Gasteiger partial charge in [0.05, 0.1) is 23.5 Å². The van der Waals surface area contributed by atoms with Crippen molar-refractivity contribution < 1.29 is 4.79 Å². The first-order chi connectivity index (χ1) is 15.8. The summed E-state index contributed by atoms with van der Waals surface area (Å²) in [5.74, 6) is 1.40. The normalized spacial score (nSPS) is 15.6. The van der Waals surface area contributed by atoms with Crippen LogP contribution in [0.3, 0.4) is 0 Å². The van der Waals surface area contributed by atoms with Crippen LogP contribution < -0.4 is 5.32 Å². The van der Waals surface area contributed by atoms with E-state index < -0.39 is 0 Å². The zero-order valence-electron chi connectivity index (χ0n) is 18.6. The van der Waals surface area contributed by atoms with Crippen LogP contribution in [0.4, 0.5) is 5.82 Å². The molecule has 0 saturated heterocycles. The molecule has 3 aromatic rings. The third kappa shape index (κ3) is 4.74. The maximum Gasteiger partial charge on any atom is 0.229 e. The number of carbonyl (C=O) groups is 1. The van der Waals surface area contributed by atoms with E-state index in [9.17, 15) is 4.79 Å². The molecule has 2 aliphatic rings. The zero-order chi connectivity index (χ0) is 21.8. The molecule has 0 aliphatic heterocycles. The molecule has 4 heteroatoms. The fourth-order valence-electron chi connectivity index (χ4n) is 5.17. The van der Waals surface area contributed by atoms with Crippen molar-refractivity contribution in [3.8, 4) is 11.3 Å². The highest BCUT2D eigenvalue weighted by atomic mass is 16.1. The van der Waals surface area contributed by atoms with Gasteiger partial charge in [-0.05, 0) is 42.7 Å². The number of aromatic nitrogens is 2. The molecule has 1 heterocycles. The molecular weight excluding hydrogens is 394 g/mol. The Labute approximate surface area is 190 Å². The molecule has 0 radical (unpaired) electrons. The number of fused-ring (bicyclic) bond motifs is 3. The highest BCUT2D eigenvalue weighted by molar-refractivity contribution is 5.92. The zero-order valence-corrected chi connectivity index (χ0v) is 18.6. The van der Waals surface area contributed by atoms with Crippen LogP contribution in [-0.4, -0.2) is 15.9 Å². The molecule has 0 unspecified atom stereocenters. The van der Waals surface area contributed by atoms with Gasteiger partial charge in [-0.15, -0.1) is 0 Å². The van der Waals surface area contributed by atoms with Gasteiger partial charge < -0.3 is 5.32 Å². The molecule has 0 spiro atoms. The van der Waals surface area contributed by atoms with Crippen molar-refractivity contribution in [3.63, 3.8) is 0 Å². The van der Waals surface area contributed by atoms with Crippen molar-refractivity contribution in [2.45, 2.75) is 64.2 Å². The summed E-state index contributed by atoms with van der Waals surface area (Å²) >= 11 is 0. The van der Waals surface area contributed by atoms with Crippen LogP contribution in [0, 0.1) is 5.92 Å². The molecule has 4 nitrogen and oxygen atoms in total. The number of benzene rings is 2. The Morgan fingerprint density at radius 2 is 1.69 bits per heavy atom. The van der Waals surface area contributed by atoms with Crippen LogP contribution in [0.5, 0.6) is 0 Å². The van der Waals surface area contributed by atoms with Gasteiger partial charge >= 0.3 is 0 Å². The predicted molar refractivity (Wildman–Crippen MR) is 129 cm³/mol. The lowest BCUT2D eigenvalue weighted by Gasteiger charge is -2.23. The lowest BCUT2D eigenvalue weighted by molar-refractivity contribution is -0.115. The molecule has 1 amide bonds. The molecule has 0 bridgehead atoms. The van der Waals surface area contributed by atoms with Crippen molar-refractivity contribution in [2.75, 3.05) is 5.32 Å². The smallest absolute Gasteiger partial charge is 0.229 e. The van der Waals surface area contributed by atoms with Crippen LogP contribution in [-0.2, 0) is 30.5 Å². The standard InChI is InChI=1S/C28H31N3O/c32-26(19-21-11-5-2-6-12-21)31-28-25(17-15-20-9-3-1-4-10-20)29-27-23-14-8-7-13-22(23)16-18-24(27)30-28/h2,5-8,11-14,20H,1,3-4,9-10,15-19H2,(H,30,31,32). The first kappa shape index (κ1) is 20.9. The first-order valence-corrected chi connectivity index (χ1v) is 12.1. The van der Waals surface area contributed by atoms with Crippen LogP contribution >= 0.6 is 0 Å². The topological polar surface area (TPSA) is 54.9 Å². The van der Waals surface area contributed by atoms with E-state index in [2.05, 4.69) is 29.6 Å². The number of hydrogen-bond acceptors (Lipinski definition) is 3. The van der Waals surface area contributed by atoms with Crippen molar-refractivity contribution in [3.05, 3.63) is 77.1 Å². The Balaban J connectivity index is 1.42. The molecule has 5 rings (SSSR count). The number of carbonyl (C=O) groups excluding carboxylic acids is 1. The van der Waals surface area contributed by atoms with E-state index in [1.54, 1.807) is 0 Å². The molecule has 1 aromatic heterocycles. The monoisotopic (exact) mass is 425 g/mol. The third-order valence-electron chi connectivity index (χ3n) is 6.92. The van der Waals surface area contributed by atoms with Gasteiger partial charge in [-0.3, -0.25) is 4.79 Å². The van der Waals surface area contributed by atoms with E-state index >= 15 is 0 Å². The number of rotatable bonds is 6. The van der Waals surface area contributed by atoms with E-state index in [0.717, 1.165) is 54.2 Å². The minimum Gasteiger partial charge on any atom is -0.309 e. The van der Waals surface area contributed by atoms with Crippen LogP contribution in [0.25, 0.3) is 11.3 Å². The second kappa shape index (κ2) is 9.64. The van der Waals surface area contributed by atoms with Gasteiger partial charge in [0.15, 0.2) is 5.82 Å². The molecule has 2 aliphatic carbocycles. The highest BCUT2D eigenvalue weighted by Crippen LogP contribution is 2.34. The summed E-state index contributed by atoms with van der Waals surface area (Å²) in [6.45, 7) is 0. The predicted octanol–water partition coefficient (Wildman–Crippen LogP) is 5.94. The highest BCUT2D eigenvalue weighted by Gasteiger charge is 2.23. The minimum absolute atomic E-state index is 0.0272. The Bertz CT molecular complexity index is 1090. The van der Waals surface area contributed by atoms with Gasteiger partial charge in [0.1, 0.15) is 0 Å². The molecule has 32 heavy (non-hydrogen) atoms. The minimum atomic E-state index is -0.0272. The van der Waals surface area contributed by atoms with E-state index in [-0.39, 0.29) is 5.91 Å². The van der Waals surface area contributed by atoms with Crippen LogP contribution in [0.1, 0.15) is 61.0 Å². The van der Waals surface area contributed by atoms with Crippen LogP contribution in [0.2, 0.25) is 0 Å². The van der Waals surface area contributed by atoms with E-state index in [4.69, 9.17) is 9.97 Å². The van der Waals surface area contributed by atoms with Crippen molar-refractivity contribution >= 4 is 11.7 Å². The summed E-state index contributed by atoms with van der Waals surface area (Å²) in [5, 5.41) is 3.11. The Hall–Kier alpha value is -3.01. The van der Waals surface area contributed by atoms with Gasteiger partial charge in [0.2, 0.25) is 5.91 Å². The maximum absolute atomic E-state index is 12.8. The second-order valence-electron chi connectivity index (χ2n) is 9.22. The first-order valence-electron chi connectivity index (χ1n) is 12.1. The number of nitrogens with one attached hydrogen (secondary N) is 1. The fraction of sp³-hybridized carbons (Fsp3) is 0.393. The van der Waals surface area contributed by atoms with Crippen molar-refractivity contribution in [2.24, 2.45) is 5.92 Å². The molecular formula is C28H31N3O. The van der Waals surface area contributed by atoms with Crippen molar-refractivity contribution in [1.29, 1.82) is 0 Å². The lowest BCUT2D eigenvalue weighted by atomic mass is 9.85. The SMILES string of the molecule is O=C(Cc1ccccc1)Nc1nc2c(nc1CCC1CCCCC1)-c1ccccc1CC2. The Morgan fingerprint density at radius 3 is 2.53 bits per heavy atom. The Morgan fingerprint density at radius 1 is 0.906 bits per heavy atom. The van der Waals surface area contributed by atoms with Crippen molar-refractivity contribution in [1.82, 2.24) is 9.97 Å². The van der Waals surface area contributed by atoms with Gasteiger partial charge in [-0.1, -0.05) is 86.7 Å². The van der Waals surface area contributed by atoms with E-state index in [1.165, 1.54) is 43.2 Å². The molecule has 164 valence electrons. The Kier molecular flexibility index (Phi) is 6.29.